The van der Waals surface area contributed by atoms with Crippen LogP contribution in [0.25, 0.3) is 22.2 Å². The number of benzene rings is 2. The van der Waals surface area contributed by atoms with Gasteiger partial charge in [-0.05, 0) is 56.6 Å². The van der Waals surface area contributed by atoms with Gasteiger partial charge in [-0.1, -0.05) is 61.8 Å². The maximum absolute atomic E-state index is 6.32. The number of pyridine rings is 1. The highest BCUT2D eigenvalue weighted by atomic mass is 35.5. The summed E-state index contributed by atoms with van der Waals surface area (Å²) in [5.41, 5.74) is 4.49. The summed E-state index contributed by atoms with van der Waals surface area (Å²) in [5, 5.41) is 1.94. The van der Waals surface area contributed by atoms with Gasteiger partial charge in [0.25, 0.3) is 0 Å². The van der Waals surface area contributed by atoms with Gasteiger partial charge >= 0.3 is 0 Å². The highest BCUT2D eigenvalue weighted by Gasteiger charge is 2.27. The van der Waals surface area contributed by atoms with Crippen molar-refractivity contribution >= 4 is 34.9 Å². The Bertz CT molecular complexity index is 981. The molecule has 2 heterocycles. The highest BCUT2D eigenvalue weighted by molar-refractivity contribution is 6.31. The molecule has 1 atom stereocenters. The molecular formula is C26H33Cl2N3. The van der Waals surface area contributed by atoms with Crippen LogP contribution in [0.2, 0.25) is 5.02 Å². The summed E-state index contributed by atoms with van der Waals surface area (Å²) in [6, 6.07) is 19.9. The zero-order valence-electron chi connectivity index (χ0n) is 18.7. The van der Waals surface area contributed by atoms with E-state index < -0.39 is 0 Å². The summed E-state index contributed by atoms with van der Waals surface area (Å²) >= 11 is 6.32. The van der Waals surface area contributed by atoms with E-state index in [4.69, 9.17) is 16.6 Å². The summed E-state index contributed by atoms with van der Waals surface area (Å²) in [7, 11) is 0. The maximum Gasteiger partial charge on any atom is 0.0727 e. The first-order chi connectivity index (χ1) is 14.6. The minimum Gasteiger partial charge on any atom is -0.301 e. The fourth-order valence-electron chi connectivity index (χ4n) is 4.91. The van der Waals surface area contributed by atoms with Crippen molar-refractivity contribution in [3.8, 4) is 11.3 Å². The largest absolute Gasteiger partial charge is 0.301 e. The van der Waals surface area contributed by atoms with E-state index >= 15 is 0 Å². The molecule has 1 aliphatic rings. The summed E-state index contributed by atoms with van der Waals surface area (Å²) in [6.45, 7) is 11.5. The maximum atomic E-state index is 6.32. The molecule has 3 aromatic rings. The Kier molecular flexibility index (Phi) is 8.35. The monoisotopic (exact) mass is 457 g/mol. The molecule has 31 heavy (non-hydrogen) atoms. The number of nitrogens with zero attached hydrogens (tertiary/aromatic N) is 3. The van der Waals surface area contributed by atoms with Crippen LogP contribution in [-0.2, 0) is 0 Å². The van der Waals surface area contributed by atoms with E-state index in [0.29, 0.717) is 6.04 Å². The molecule has 3 nitrogen and oxygen atoms in total. The van der Waals surface area contributed by atoms with Gasteiger partial charge in [0.15, 0.2) is 0 Å². The molecule has 2 aromatic carbocycles. The van der Waals surface area contributed by atoms with Crippen LogP contribution in [-0.4, -0.2) is 47.0 Å². The van der Waals surface area contributed by atoms with Gasteiger partial charge in [-0.3, -0.25) is 4.90 Å². The zero-order chi connectivity index (χ0) is 21.1. The highest BCUT2D eigenvalue weighted by Crippen LogP contribution is 2.34. The second-order valence-electron chi connectivity index (χ2n) is 8.29. The number of hydrogen-bond donors (Lipinski definition) is 0. The molecule has 1 aliphatic heterocycles. The first-order valence-electron chi connectivity index (χ1n) is 11.2. The van der Waals surface area contributed by atoms with Crippen LogP contribution in [0.3, 0.4) is 0 Å². The molecule has 0 N–H and O–H groups in total. The van der Waals surface area contributed by atoms with Crippen molar-refractivity contribution in [1.82, 2.24) is 14.8 Å². The normalized spacial score (nSPS) is 16.4. The number of likely N-dealkylation sites (tertiary alicyclic amines) is 1. The molecule has 166 valence electrons. The molecule has 5 heteroatoms. The van der Waals surface area contributed by atoms with Gasteiger partial charge in [-0.15, -0.1) is 12.4 Å². The van der Waals surface area contributed by atoms with Crippen molar-refractivity contribution in [3.63, 3.8) is 0 Å². The zero-order valence-corrected chi connectivity index (χ0v) is 20.3. The standard InChI is InChI=1S/C26H32ClN3.ClH/c1-4-29(5-2)22-13-15-30(16-14-22)19(3)24-18-25(20-9-7-6-8-10-20)28-26-17-21(27)11-12-23(24)26;/h6-12,17-19,22H,4-5,13-16H2,1-3H3;1H. The van der Waals surface area contributed by atoms with E-state index in [9.17, 15) is 0 Å². The van der Waals surface area contributed by atoms with Gasteiger partial charge in [0.2, 0.25) is 0 Å². The van der Waals surface area contributed by atoms with Gasteiger partial charge in [-0.2, -0.15) is 0 Å². The Morgan fingerprint density at radius 3 is 2.35 bits per heavy atom. The molecule has 1 unspecified atom stereocenters. The van der Waals surface area contributed by atoms with Gasteiger partial charge in [0, 0.05) is 41.1 Å². The van der Waals surface area contributed by atoms with E-state index in [0.717, 1.165) is 54.0 Å². The Hall–Kier alpha value is -1.65. The topological polar surface area (TPSA) is 19.4 Å². The second-order valence-corrected chi connectivity index (χ2v) is 8.72. The van der Waals surface area contributed by atoms with Gasteiger partial charge < -0.3 is 4.90 Å². The van der Waals surface area contributed by atoms with Crippen LogP contribution >= 0.6 is 24.0 Å². The van der Waals surface area contributed by atoms with Crippen molar-refractivity contribution in [1.29, 1.82) is 0 Å². The molecule has 0 bridgehead atoms. The lowest BCUT2D eigenvalue weighted by molar-refractivity contribution is 0.0943. The summed E-state index contributed by atoms with van der Waals surface area (Å²) in [6.07, 6.45) is 2.48. The minimum atomic E-state index is 0. The third-order valence-corrected chi connectivity index (χ3v) is 6.93. The molecule has 0 spiro atoms. The number of aromatic nitrogens is 1. The quantitative estimate of drug-likeness (QED) is 0.403. The van der Waals surface area contributed by atoms with E-state index in [-0.39, 0.29) is 12.4 Å². The summed E-state index contributed by atoms with van der Waals surface area (Å²) in [5.74, 6) is 0. The Morgan fingerprint density at radius 1 is 1.03 bits per heavy atom. The SMILES string of the molecule is CCN(CC)C1CCN(C(C)c2cc(-c3ccccc3)nc3cc(Cl)ccc23)CC1.Cl. The average molecular weight is 458 g/mol. The van der Waals surface area contributed by atoms with Gasteiger partial charge in [0.1, 0.15) is 0 Å². The predicted molar refractivity (Wildman–Crippen MR) is 135 cm³/mol. The molecule has 0 radical (unpaired) electrons. The van der Waals surface area contributed by atoms with E-state index in [1.807, 2.05) is 18.2 Å². The Labute approximate surface area is 197 Å². The molecule has 4 rings (SSSR count). The fraction of sp³-hybridized carbons (Fsp3) is 0.423. The first-order valence-corrected chi connectivity index (χ1v) is 11.6. The Morgan fingerprint density at radius 2 is 1.71 bits per heavy atom. The molecule has 0 amide bonds. The second kappa shape index (κ2) is 10.8. The summed E-state index contributed by atoms with van der Waals surface area (Å²) < 4.78 is 0. The number of halogens is 2. The summed E-state index contributed by atoms with van der Waals surface area (Å²) in [4.78, 5) is 10.2. The third kappa shape index (κ3) is 5.23. The molecular weight excluding hydrogens is 425 g/mol. The van der Waals surface area contributed by atoms with Crippen molar-refractivity contribution in [2.75, 3.05) is 26.2 Å². The van der Waals surface area contributed by atoms with Crippen LogP contribution in [0.4, 0.5) is 0 Å². The average Bonchev–Trinajstić information content (AvgIpc) is 2.79. The third-order valence-electron chi connectivity index (χ3n) is 6.70. The number of hydrogen-bond acceptors (Lipinski definition) is 3. The lowest BCUT2D eigenvalue weighted by atomic mass is 9.95. The van der Waals surface area contributed by atoms with Crippen LogP contribution in [0.1, 0.15) is 45.2 Å². The van der Waals surface area contributed by atoms with E-state index in [2.05, 4.69) is 67.0 Å². The lowest BCUT2D eigenvalue weighted by Gasteiger charge is -2.40. The molecule has 0 saturated carbocycles. The van der Waals surface area contributed by atoms with Crippen LogP contribution in [0.5, 0.6) is 0 Å². The molecule has 1 fully saturated rings. The van der Waals surface area contributed by atoms with E-state index in [1.165, 1.54) is 23.8 Å². The molecule has 1 saturated heterocycles. The van der Waals surface area contributed by atoms with Gasteiger partial charge in [0.05, 0.1) is 11.2 Å². The van der Waals surface area contributed by atoms with Gasteiger partial charge in [-0.25, -0.2) is 4.98 Å². The van der Waals surface area contributed by atoms with Crippen molar-refractivity contribution < 1.29 is 0 Å². The molecule has 1 aromatic heterocycles. The predicted octanol–water partition coefficient (Wildman–Crippen LogP) is 6.84. The molecule has 0 aliphatic carbocycles. The number of fused-ring (bicyclic) bond motifs is 1. The van der Waals surface area contributed by atoms with Crippen molar-refractivity contribution in [2.24, 2.45) is 0 Å². The Balaban J connectivity index is 0.00000272. The fourth-order valence-corrected chi connectivity index (χ4v) is 5.07. The smallest absolute Gasteiger partial charge is 0.0727 e. The van der Waals surface area contributed by atoms with Crippen LogP contribution < -0.4 is 0 Å². The van der Waals surface area contributed by atoms with Crippen LogP contribution in [0, 0.1) is 0 Å². The minimum absolute atomic E-state index is 0. The van der Waals surface area contributed by atoms with E-state index in [1.54, 1.807) is 0 Å². The number of rotatable bonds is 6. The van der Waals surface area contributed by atoms with Crippen molar-refractivity contribution in [2.45, 2.75) is 45.7 Å². The van der Waals surface area contributed by atoms with Crippen molar-refractivity contribution in [3.05, 3.63) is 65.2 Å². The van der Waals surface area contributed by atoms with Crippen LogP contribution in [0.15, 0.2) is 54.6 Å². The number of piperidine rings is 1. The first kappa shape index (κ1) is 24.0. The lowest BCUT2D eigenvalue weighted by Crippen LogP contribution is -2.45.